The Morgan fingerprint density at radius 1 is 0.486 bits per heavy atom. The van der Waals surface area contributed by atoms with Crippen molar-refractivity contribution in [2.75, 3.05) is 40.9 Å². The van der Waals surface area contributed by atoms with E-state index >= 15 is 0 Å². The van der Waals surface area contributed by atoms with Crippen LogP contribution in [0.2, 0.25) is 0 Å². The molecule has 9 heteroatoms. The third-order valence-corrected chi connectivity index (χ3v) is 15.2. The molecule has 0 fully saturated rings. The smallest absolute Gasteiger partial charge is 0.268 e. The van der Waals surface area contributed by atoms with Crippen molar-refractivity contribution in [3.8, 4) is 0 Å². The molecule has 0 bridgehead atoms. The molecule has 0 aliphatic carbocycles. The Kier molecular flexibility index (Phi) is 54.6. The van der Waals surface area contributed by atoms with Crippen LogP contribution in [0.4, 0.5) is 0 Å². The summed E-state index contributed by atoms with van der Waals surface area (Å²) < 4.78 is 23.3. The van der Waals surface area contributed by atoms with Crippen molar-refractivity contribution in [2.24, 2.45) is 0 Å². The fourth-order valence-electron chi connectivity index (χ4n) is 9.32. The molecule has 3 unspecified atom stereocenters. The number of phosphoric ester groups is 1. The minimum Gasteiger partial charge on any atom is -0.756 e. The second-order valence-electron chi connectivity index (χ2n) is 22.7. The van der Waals surface area contributed by atoms with Gasteiger partial charge >= 0.3 is 0 Å². The van der Waals surface area contributed by atoms with Crippen molar-refractivity contribution < 1.29 is 32.9 Å². The SMILES string of the molecule is CC/C=C\C/C=C\C/C=C\C/C=C\CCCCCCCCCCCCCCCCCCCCCCCCCCCCC(=O)NC(COP(=O)([O-])OCC[N+](C)(C)C)C(O)/C=C/CCCCCCCCCCCCC. The summed E-state index contributed by atoms with van der Waals surface area (Å²) in [6, 6.07) is -0.884. The minimum atomic E-state index is -4.59. The fraction of sp³-hybridized carbons (Fsp3) is 0.831. The molecule has 1 amide bonds. The summed E-state index contributed by atoms with van der Waals surface area (Å²) in [5, 5.41) is 13.9. The predicted molar refractivity (Wildman–Crippen MR) is 321 cm³/mol. The van der Waals surface area contributed by atoms with Crippen molar-refractivity contribution in [1.82, 2.24) is 5.32 Å². The van der Waals surface area contributed by atoms with E-state index in [1.807, 2.05) is 27.2 Å². The summed E-state index contributed by atoms with van der Waals surface area (Å²) in [7, 11) is 1.27. The molecule has 0 aliphatic heterocycles. The van der Waals surface area contributed by atoms with Crippen molar-refractivity contribution in [1.29, 1.82) is 0 Å². The lowest BCUT2D eigenvalue weighted by Gasteiger charge is -2.29. The van der Waals surface area contributed by atoms with E-state index in [0.717, 1.165) is 64.2 Å². The molecule has 3 atom stereocenters. The maximum Gasteiger partial charge on any atom is 0.268 e. The number of aliphatic hydroxyl groups excluding tert-OH is 1. The average molecular weight is 1060 g/mol. The molecule has 0 rings (SSSR count). The van der Waals surface area contributed by atoms with Gasteiger partial charge in [0.05, 0.1) is 39.9 Å². The van der Waals surface area contributed by atoms with Crippen LogP contribution in [0.15, 0.2) is 60.8 Å². The molecule has 0 saturated heterocycles. The second kappa shape index (κ2) is 55.9. The average Bonchev–Trinajstić information content (AvgIpc) is 3.36. The van der Waals surface area contributed by atoms with Crippen LogP contribution in [-0.2, 0) is 18.4 Å². The first-order valence-electron chi connectivity index (χ1n) is 31.7. The minimum absolute atomic E-state index is 0.000176. The summed E-state index contributed by atoms with van der Waals surface area (Å²) >= 11 is 0. The van der Waals surface area contributed by atoms with Crippen molar-refractivity contribution >= 4 is 13.7 Å². The van der Waals surface area contributed by atoms with Crippen molar-refractivity contribution in [2.45, 2.75) is 309 Å². The third kappa shape index (κ3) is 57.9. The molecule has 0 aliphatic rings. The van der Waals surface area contributed by atoms with Gasteiger partial charge in [0, 0.05) is 6.42 Å². The number of quaternary nitrogens is 1. The van der Waals surface area contributed by atoms with Gasteiger partial charge in [-0.05, 0) is 57.8 Å². The number of amides is 1. The van der Waals surface area contributed by atoms with E-state index in [1.54, 1.807) is 6.08 Å². The largest absolute Gasteiger partial charge is 0.756 e. The second-order valence-corrected chi connectivity index (χ2v) is 24.1. The number of hydrogen-bond donors (Lipinski definition) is 2. The number of nitrogens with zero attached hydrogens (tertiary/aromatic N) is 1. The first kappa shape index (κ1) is 72.2. The maximum atomic E-state index is 13.0. The molecular weight excluding hydrogens is 936 g/mol. The molecule has 8 nitrogen and oxygen atoms in total. The van der Waals surface area contributed by atoms with Crippen molar-refractivity contribution in [3.63, 3.8) is 0 Å². The Morgan fingerprint density at radius 3 is 1.20 bits per heavy atom. The molecule has 434 valence electrons. The van der Waals surface area contributed by atoms with Crippen LogP contribution in [-0.4, -0.2) is 68.5 Å². The number of allylic oxidation sites excluding steroid dienone is 9. The first-order chi connectivity index (χ1) is 36.0. The topological polar surface area (TPSA) is 108 Å². The standard InChI is InChI=1S/C65H123N2O6P/c1-6-8-10-12-14-16-18-20-21-22-23-24-25-26-27-28-29-30-31-32-33-34-35-36-37-38-39-40-41-42-43-44-45-47-49-51-53-55-57-59-65(69)66-63(62-73-74(70,71)72-61-60-67(3,4)5)64(68)58-56-54-52-50-48-46-19-17-15-13-11-9-7-2/h8,10,14,16,20-21,23-24,56,58,63-64,68H,6-7,9,11-13,15,17-19,22,25-55,57,59-62H2,1-5H3,(H-,66,69,70,71)/b10-8-,16-14-,21-20-,24-23-,58-56+. The molecule has 0 aromatic rings. The quantitative estimate of drug-likeness (QED) is 0.0272. The summed E-state index contributed by atoms with van der Waals surface area (Å²) in [5.41, 5.74) is 0. The number of carbonyl (C=O) groups excluding carboxylic acids is 1. The van der Waals surface area contributed by atoms with E-state index < -0.39 is 20.0 Å². The highest BCUT2D eigenvalue weighted by atomic mass is 31.2. The zero-order chi connectivity index (χ0) is 54.2. The van der Waals surface area contributed by atoms with E-state index in [2.05, 4.69) is 67.8 Å². The van der Waals surface area contributed by atoms with Gasteiger partial charge in [0.1, 0.15) is 13.2 Å². The number of unbranched alkanes of at least 4 members (excludes halogenated alkanes) is 37. The van der Waals surface area contributed by atoms with Gasteiger partial charge < -0.3 is 28.8 Å². The van der Waals surface area contributed by atoms with Gasteiger partial charge in [0.25, 0.3) is 7.82 Å². The number of phosphoric acid groups is 1. The molecule has 0 aromatic carbocycles. The van der Waals surface area contributed by atoms with Crippen molar-refractivity contribution in [3.05, 3.63) is 60.8 Å². The molecule has 0 spiro atoms. The van der Waals surface area contributed by atoms with Gasteiger partial charge in [0.2, 0.25) is 5.91 Å². The highest BCUT2D eigenvalue weighted by Crippen LogP contribution is 2.38. The van der Waals surface area contributed by atoms with Crippen LogP contribution in [0.5, 0.6) is 0 Å². The number of hydrogen-bond acceptors (Lipinski definition) is 6. The summed E-state index contributed by atoms with van der Waals surface area (Å²) in [5.74, 6) is -0.194. The number of nitrogens with one attached hydrogen (secondary N) is 1. The Bertz CT molecular complexity index is 1390. The third-order valence-electron chi connectivity index (χ3n) is 14.2. The van der Waals surface area contributed by atoms with Gasteiger partial charge in [-0.2, -0.15) is 0 Å². The van der Waals surface area contributed by atoms with E-state index in [0.29, 0.717) is 17.4 Å². The van der Waals surface area contributed by atoms with E-state index in [1.165, 1.54) is 212 Å². The van der Waals surface area contributed by atoms with Crippen LogP contribution in [0, 0.1) is 0 Å². The van der Waals surface area contributed by atoms with Gasteiger partial charge in [-0.25, -0.2) is 0 Å². The molecule has 0 heterocycles. The lowest BCUT2D eigenvalue weighted by Crippen LogP contribution is -2.45. The Morgan fingerprint density at radius 2 is 0.824 bits per heavy atom. The first-order valence-corrected chi connectivity index (χ1v) is 33.1. The molecule has 0 aromatic heterocycles. The normalized spacial score (nSPS) is 14.2. The summed E-state index contributed by atoms with van der Waals surface area (Å²) in [6.07, 6.45) is 76.2. The monoisotopic (exact) mass is 1060 g/mol. The lowest BCUT2D eigenvalue weighted by atomic mass is 10.0. The number of likely N-dealkylation sites (N-methyl/N-ethyl adjacent to an activating group) is 1. The fourth-order valence-corrected chi connectivity index (χ4v) is 10.0. The summed E-state index contributed by atoms with van der Waals surface area (Å²) in [6.45, 7) is 4.55. The van der Waals surface area contributed by atoms with E-state index in [4.69, 9.17) is 9.05 Å². The predicted octanol–water partition coefficient (Wildman–Crippen LogP) is 19.0. The molecule has 2 N–H and O–H groups in total. The van der Waals surface area contributed by atoms with Gasteiger partial charge in [-0.15, -0.1) is 0 Å². The van der Waals surface area contributed by atoms with Crippen LogP contribution in [0.1, 0.15) is 296 Å². The zero-order valence-corrected chi connectivity index (χ0v) is 50.4. The molecular formula is C65H123N2O6P. The van der Waals surface area contributed by atoms with Crippen LogP contribution < -0.4 is 10.2 Å². The number of rotatable bonds is 58. The number of aliphatic hydroxyl groups is 1. The highest BCUT2D eigenvalue weighted by molar-refractivity contribution is 7.45. The van der Waals surface area contributed by atoms with E-state index in [9.17, 15) is 19.4 Å². The molecule has 74 heavy (non-hydrogen) atoms. The Labute approximate surface area is 460 Å². The number of carbonyl (C=O) groups is 1. The van der Waals surface area contributed by atoms with Crippen LogP contribution in [0.3, 0.4) is 0 Å². The van der Waals surface area contributed by atoms with Crippen LogP contribution in [0.25, 0.3) is 0 Å². The zero-order valence-electron chi connectivity index (χ0n) is 49.5. The molecule has 0 saturated carbocycles. The molecule has 0 radical (unpaired) electrons. The lowest BCUT2D eigenvalue weighted by molar-refractivity contribution is -0.870. The Hall–Kier alpha value is -1.80. The van der Waals surface area contributed by atoms with Gasteiger partial charge in [0.15, 0.2) is 0 Å². The van der Waals surface area contributed by atoms with Crippen LogP contribution >= 0.6 is 7.82 Å². The summed E-state index contributed by atoms with van der Waals surface area (Å²) in [4.78, 5) is 25.5. The maximum absolute atomic E-state index is 13.0. The van der Waals surface area contributed by atoms with Gasteiger partial charge in [-0.1, -0.05) is 293 Å². The Balaban J connectivity index is 3.87. The highest BCUT2D eigenvalue weighted by Gasteiger charge is 2.23. The van der Waals surface area contributed by atoms with E-state index in [-0.39, 0.29) is 19.1 Å². The van der Waals surface area contributed by atoms with Gasteiger partial charge in [-0.3, -0.25) is 9.36 Å².